The fraction of sp³-hybridized carbons (Fsp3) is 0.250. The predicted octanol–water partition coefficient (Wildman–Crippen LogP) is 5.07. The normalized spacial score (nSPS) is 17.5. The molecule has 0 radical (unpaired) electrons. The van der Waals surface area contributed by atoms with E-state index < -0.39 is 5.97 Å². The Bertz CT molecular complexity index is 1230. The van der Waals surface area contributed by atoms with Gasteiger partial charge in [0, 0.05) is 18.0 Å². The molecule has 3 aromatic rings. The van der Waals surface area contributed by atoms with Crippen LogP contribution in [-0.4, -0.2) is 23.8 Å². The van der Waals surface area contributed by atoms with Gasteiger partial charge in [0.05, 0.1) is 16.8 Å². The zero-order valence-corrected chi connectivity index (χ0v) is 18.8. The molecule has 1 heterocycles. The molecule has 5 rings (SSSR count). The molecular formula is C28H26N2O4. The molecule has 1 atom stereocenters. The SMILES string of the molecule is O=C(Nc1ccccc1C(=O)NC1CCCC1)c1ccc2c(c1)C[C@H](c1ccccc1)OC2=O. The molecule has 1 aliphatic carbocycles. The highest BCUT2D eigenvalue weighted by Crippen LogP contribution is 2.31. The summed E-state index contributed by atoms with van der Waals surface area (Å²) in [5.41, 5.74) is 3.48. The van der Waals surface area contributed by atoms with Crippen LogP contribution in [-0.2, 0) is 11.2 Å². The summed E-state index contributed by atoms with van der Waals surface area (Å²) in [6.45, 7) is 0. The van der Waals surface area contributed by atoms with Crippen molar-refractivity contribution in [2.24, 2.45) is 0 Å². The lowest BCUT2D eigenvalue weighted by Gasteiger charge is -2.25. The van der Waals surface area contributed by atoms with Gasteiger partial charge in [0.1, 0.15) is 6.10 Å². The molecule has 172 valence electrons. The number of amides is 2. The van der Waals surface area contributed by atoms with Crippen LogP contribution in [0.25, 0.3) is 0 Å². The Labute approximate surface area is 198 Å². The molecule has 3 aromatic carbocycles. The van der Waals surface area contributed by atoms with Crippen LogP contribution in [0.4, 0.5) is 5.69 Å². The number of hydrogen-bond donors (Lipinski definition) is 2. The minimum Gasteiger partial charge on any atom is -0.454 e. The predicted molar refractivity (Wildman–Crippen MR) is 129 cm³/mol. The van der Waals surface area contributed by atoms with Crippen LogP contribution in [0.1, 0.15) is 74.0 Å². The number of rotatable bonds is 5. The fourth-order valence-electron chi connectivity index (χ4n) is 4.71. The second-order valence-electron chi connectivity index (χ2n) is 8.84. The van der Waals surface area contributed by atoms with Gasteiger partial charge < -0.3 is 15.4 Å². The number of hydrogen-bond acceptors (Lipinski definition) is 4. The molecule has 0 saturated heterocycles. The lowest BCUT2D eigenvalue weighted by atomic mass is 9.93. The molecule has 2 amide bonds. The topological polar surface area (TPSA) is 84.5 Å². The molecule has 1 saturated carbocycles. The third-order valence-corrected chi connectivity index (χ3v) is 6.52. The van der Waals surface area contributed by atoms with Gasteiger partial charge >= 0.3 is 5.97 Å². The average Bonchev–Trinajstić information content (AvgIpc) is 3.37. The average molecular weight is 455 g/mol. The summed E-state index contributed by atoms with van der Waals surface area (Å²) >= 11 is 0. The minimum absolute atomic E-state index is 0.179. The molecule has 2 N–H and O–H groups in total. The smallest absolute Gasteiger partial charge is 0.339 e. The molecule has 6 nitrogen and oxygen atoms in total. The number of fused-ring (bicyclic) bond motifs is 1. The summed E-state index contributed by atoms with van der Waals surface area (Å²) < 4.78 is 5.61. The number of ether oxygens (including phenoxy) is 1. The van der Waals surface area contributed by atoms with Crippen LogP contribution in [0.3, 0.4) is 0 Å². The summed E-state index contributed by atoms with van der Waals surface area (Å²) in [6, 6.07) is 21.8. The van der Waals surface area contributed by atoms with Gasteiger partial charge in [-0.05, 0) is 54.3 Å². The highest BCUT2D eigenvalue weighted by molar-refractivity contribution is 6.09. The van der Waals surface area contributed by atoms with E-state index in [2.05, 4.69) is 10.6 Å². The van der Waals surface area contributed by atoms with Crippen molar-refractivity contribution >= 4 is 23.5 Å². The van der Waals surface area contributed by atoms with Gasteiger partial charge in [-0.3, -0.25) is 9.59 Å². The number of carbonyl (C=O) groups excluding carboxylic acids is 3. The fourth-order valence-corrected chi connectivity index (χ4v) is 4.71. The molecule has 0 bridgehead atoms. The molecule has 6 heteroatoms. The zero-order valence-electron chi connectivity index (χ0n) is 18.8. The summed E-state index contributed by atoms with van der Waals surface area (Å²) in [5, 5.41) is 5.95. The van der Waals surface area contributed by atoms with Gasteiger partial charge in [-0.1, -0.05) is 55.3 Å². The van der Waals surface area contributed by atoms with Gasteiger partial charge in [-0.25, -0.2) is 4.79 Å². The number of para-hydroxylation sites is 1. The molecule has 34 heavy (non-hydrogen) atoms. The quantitative estimate of drug-likeness (QED) is 0.528. The highest BCUT2D eigenvalue weighted by Gasteiger charge is 2.28. The Morgan fingerprint density at radius 1 is 0.853 bits per heavy atom. The minimum atomic E-state index is -0.393. The van der Waals surface area contributed by atoms with Gasteiger partial charge in [0.15, 0.2) is 0 Å². The van der Waals surface area contributed by atoms with Gasteiger partial charge in [0.25, 0.3) is 11.8 Å². The Balaban J connectivity index is 1.35. The van der Waals surface area contributed by atoms with E-state index in [1.807, 2.05) is 30.3 Å². The lowest BCUT2D eigenvalue weighted by Crippen LogP contribution is -2.33. The number of nitrogens with one attached hydrogen (secondary N) is 2. The van der Waals surface area contributed by atoms with Crippen molar-refractivity contribution < 1.29 is 19.1 Å². The first-order valence-electron chi connectivity index (χ1n) is 11.7. The van der Waals surface area contributed by atoms with Crippen molar-refractivity contribution in [3.63, 3.8) is 0 Å². The molecule has 1 fully saturated rings. The van der Waals surface area contributed by atoms with E-state index in [-0.39, 0.29) is 24.0 Å². The van der Waals surface area contributed by atoms with Crippen molar-refractivity contribution in [1.29, 1.82) is 0 Å². The van der Waals surface area contributed by atoms with Crippen molar-refractivity contribution in [3.05, 3.63) is 101 Å². The first-order chi connectivity index (χ1) is 16.6. The molecule has 0 aromatic heterocycles. The summed E-state index contributed by atoms with van der Waals surface area (Å²) in [7, 11) is 0. The molecule has 1 aliphatic heterocycles. The maximum atomic E-state index is 13.1. The van der Waals surface area contributed by atoms with Crippen LogP contribution in [0, 0.1) is 0 Å². The van der Waals surface area contributed by atoms with E-state index in [0.29, 0.717) is 28.8 Å². The third kappa shape index (κ3) is 4.57. The van der Waals surface area contributed by atoms with Gasteiger partial charge in [-0.15, -0.1) is 0 Å². The van der Waals surface area contributed by atoms with E-state index in [0.717, 1.165) is 36.8 Å². The summed E-state index contributed by atoms with van der Waals surface area (Å²) in [5.74, 6) is -0.906. The third-order valence-electron chi connectivity index (χ3n) is 6.52. The first kappa shape index (κ1) is 21.9. The highest BCUT2D eigenvalue weighted by atomic mass is 16.5. The summed E-state index contributed by atoms with van der Waals surface area (Å²) in [4.78, 5) is 38.5. The molecule has 0 spiro atoms. The maximum absolute atomic E-state index is 13.1. The van der Waals surface area contributed by atoms with Gasteiger partial charge in [-0.2, -0.15) is 0 Å². The van der Waals surface area contributed by atoms with Crippen molar-refractivity contribution in [3.8, 4) is 0 Å². The van der Waals surface area contributed by atoms with Crippen LogP contribution >= 0.6 is 0 Å². The number of carbonyl (C=O) groups is 3. The van der Waals surface area contributed by atoms with Crippen LogP contribution < -0.4 is 10.6 Å². The van der Waals surface area contributed by atoms with Gasteiger partial charge in [0.2, 0.25) is 0 Å². The second-order valence-corrected chi connectivity index (χ2v) is 8.84. The number of cyclic esters (lactones) is 1. The van der Waals surface area contributed by atoms with Crippen molar-refractivity contribution in [2.45, 2.75) is 44.2 Å². The lowest BCUT2D eigenvalue weighted by molar-refractivity contribution is 0.0252. The Kier molecular flexibility index (Phi) is 6.12. The van der Waals surface area contributed by atoms with Crippen molar-refractivity contribution in [1.82, 2.24) is 5.32 Å². The standard InChI is InChI=1S/C28H26N2O4/c31-26(30-24-13-7-6-12-23(24)27(32)29-21-10-4-5-11-21)19-14-15-22-20(16-19)17-25(34-28(22)33)18-8-2-1-3-9-18/h1-3,6-9,12-16,21,25H,4-5,10-11,17H2,(H,29,32)(H,30,31)/t25-/m1/s1. The van der Waals surface area contributed by atoms with E-state index in [9.17, 15) is 14.4 Å². The van der Waals surface area contributed by atoms with E-state index in [1.54, 1.807) is 42.5 Å². The second kappa shape index (κ2) is 9.51. The first-order valence-corrected chi connectivity index (χ1v) is 11.7. The Hall–Kier alpha value is -3.93. The van der Waals surface area contributed by atoms with E-state index in [1.165, 1.54) is 0 Å². The Morgan fingerprint density at radius 2 is 1.59 bits per heavy atom. The number of anilines is 1. The molecule has 0 unspecified atom stereocenters. The maximum Gasteiger partial charge on any atom is 0.339 e. The summed E-state index contributed by atoms with van der Waals surface area (Å²) in [6.07, 6.45) is 4.33. The van der Waals surface area contributed by atoms with Crippen molar-refractivity contribution in [2.75, 3.05) is 5.32 Å². The van der Waals surface area contributed by atoms with Crippen LogP contribution in [0.5, 0.6) is 0 Å². The van der Waals surface area contributed by atoms with Crippen LogP contribution in [0.15, 0.2) is 72.8 Å². The number of benzene rings is 3. The monoisotopic (exact) mass is 454 g/mol. The van der Waals surface area contributed by atoms with Crippen LogP contribution in [0.2, 0.25) is 0 Å². The van der Waals surface area contributed by atoms with E-state index in [4.69, 9.17) is 4.74 Å². The van der Waals surface area contributed by atoms with E-state index >= 15 is 0 Å². The molecule has 2 aliphatic rings. The Morgan fingerprint density at radius 3 is 2.38 bits per heavy atom. The zero-order chi connectivity index (χ0) is 23.5. The largest absolute Gasteiger partial charge is 0.454 e. The number of esters is 1. The molecular weight excluding hydrogens is 428 g/mol.